The van der Waals surface area contributed by atoms with E-state index >= 15 is 0 Å². The van der Waals surface area contributed by atoms with Crippen molar-refractivity contribution in [3.8, 4) is 0 Å². The molecule has 0 saturated carbocycles. The van der Waals surface area contributed by atoms with Gasteiger partial charge in [0.25, 0.3) is 0 Å². The minimum absolute atomic E-state index is 0.220. The normalized spacial score (nSPS) is 17.7. The van der Waals surface area contributed by atoms with E-state index in [1.165, 1.54) is 5.69 Å². The van der Waals surface area contributed by atoms with Gasteiger partial charge >= 0.3 is 0 Å². The third-order valence-electron chi connectivity index (χ3n) is 4.57. The molecule has 1 unspecified atom stereocenters. The average molecular weight is 299 g/mol. The van der Waals surface area contributed by atoms with Gasteiger partial charge in [-0.05, 0) is 19.1 Å². The van der Waals surface area contributed by atoms with E-state index in [9.17, 15) is 0 Å². The van der Waals surface area contributed by atoms with Crippen molar-refractivity contribution in [3.05, 3.63) is 48.0 Å². The predicted octanol–water partition coefficient (Wildman–Crippen LogP) is 1.55. The van der Waals surface area contributed by atoms with Gasteiger partial charge in [0.15, 0.2) is 0 Å². The van der Waals surface area contributed by atoms with Crippen LogP contribution < -0.4 is 10.6 Å². The summed E-state index contributed by atoms with van der Waals surface area (Å²) in [4.78, 5) is 9.56. The molecule has 22 heavy (non-hydrogen) atoms. The molecule has 1 aromatic carbocycles. The number of anilines is 1. The smallest absolute Gasteiger partial charge is 0.105 e. The monoisotopic (exact) mass is 299 g/mol. The molecule has 0 aliphatic carbocycles. The molecule has 1 aliphatic rings. The van der Waals surface area contributed by atoms with Crippen LogP contribution in [-0.4, -0.2) is 47.2 Å². The van der Waals surface area contributed by atoms with E-state index in [0.717, 1.165) is 37.7 Å². The van der Waals surface area contributed by atoms with Crippen molar-refractivity contribution in [1.29, 1.82) is 0 Å². The molecule has 1 atom stereocenters. The largest absolute Gasteiger partial charge is 0.369 e. The highest BCUT2D eigenvalue weighted by molar-refractivity contribution is 5.46. The zero-order valence-electron chi connectivity index (χ0n) is 13.4. The molecule has 0 radical (unpaired) electrons. The molecule has 3 rings (SSSR count). The first-order chi connectivity index (χ1) is 10.7. The van der Waals surface area contributed by atoms with Crippen LogP contribution in [0.25, 0.3) is 0 Å². The van der Waals surface area contributed by atoms with Crippen LogP contribution in [0.2, 0.25) is 0 Å². The molecule has 2 aromatic rings. The number of benzene rings is 1. The first-order valence-corrected chi connectivity index (χ1v) is 7.93. The third-order valence-corrected chi connectivity index (χ3v) is 4.57. The van der Waals surface area contributed by atoms with Gasteiger partial charge in [0.1, 0.15) is 5.82 Å². The van der Waals surface area contributed by atoms with Crippen LogP contribution >= 0.6 is 0 Å². The van der Waals surface area contributed by atoms with Crippen molar-refractivity contribution in [2.75, 3.05) is 37.6 Å². The van der Waals surface area contributed by atoms with Crippen LogP contribution in [0.1, 0.15) is 17.6 Å². The molecular weight excluding hydrogens is 274 g/mol. The van der Waals surface area contributed by atoms with Crippen LogP contribution in [0.15, 0.2) is 36.5 Å². The van der Waals surface area contributed by atoms with Crippen molar-refractivity contribution in [2.24, 2.45) is 12.8 Å². The summed E-state index contributed by atoms with van der Waals surface area (Å²) in [6, 6.07) is 10.8. The van der Waals surface area contributed by atoms with Crippen LogP contribution in [0.5, 0.6) is 0 Å². The van der Waals surface area contributed by atoms with Gasteiger partial charge in [-0.3, -0.25) is 4.90 Å². The number of nitrogens with zero attached hydrogens (tertiary/aromatic N) is 4. The van der Waals surface area contributed by atoms with E-state index in [1.54, 1.807) is 0 Å². The summed E-state index contributed by atoms with van der Waals surface area (Å²) in [6.45, 7) is 6.75. The molecule has 0 bridgehead atoms. The first kappa shape index (κ1) is 15.1. The van der Waals surface area contributed by atoms with E-state index in [4.69, 9.17) is 5.73 Å². The number of imidazole rings is 1. The summed E-state index contributed by atoms with van der Waals surface area (Å²) < 4.78 is 2.07. The number of para-hydroxylation sites is 1. The molecule has 1 saturated heterocycles. The van der Waals surface area contributed by atoms with E-state index < -0.39 is 0 Å². The summed E-state index contributed by atoms with van der Waals surface area (Å²) in [5.41, 5.74) is 8.44. The maximum Gasteiger partial charge on any atom is 0.105 e. The molecule has 5 heteroatoms. The number of aromatic nitrogens is 2. The molecule has 118 valence electrons. The molecule has 0 amide bonds. The molecule has 1 aliphatic heterocycles. The highest BCUT2D eigenvalue weighted by Gasteiger charge is 2.26. The summed E-state index contributed by atoms with van der Waals surface area (Å²) in [5.74, 6) is 1.04. The van der Waals surface area contributed by atoms with Crippen molar-refractivity contribution < 1.29 is 0 Å². The number of rotatable bonds is 4. The maximum absolute atomic E-state index is 6.04. The number of aryl methyl sites for hydroxylation is 2. The highest BCUT2D eigenvalue weighted by Crippen LogP contribution is 2.23. The van der Waals surface area contributed by atoms with Gasteiger partial charge in [-0.2, -0.15) is 0 Å². The van der Waals surface area contributed by atoms with E-state index in [0.29, 0.717) is 6.54 Å². The first-order valence-electron chi connectivity index (χ1n) is 7.93. The van der Waals surface area contributed by atoms with E-state index in [1.807, 2.05) is 14.0 Å². The third kappa shape index (κ3) is 3.00. The van der Waals surface area contributed by atoms with Crippen LogP contribution in [0.3, 0.4) is 0 Å². The zero-order valence-corrected chi connectivity index (χ0v) is 13.4. The topological polar surface area (TPSA) is 50.3 Å². The van der Waals surface area contributed by atoms with Crippen molar-refractivity contribution in [3.63, 3.8) is 0 Å². The Bertz CT molecular complexity index is 579. The zero-order chi connectivity index (χ0) is 15.5. The van der Waals surface area contributed by atoms with Gasteiger partial charge in [0, 0.05) is 51.7 Å². The highest BCUT2D eigenvalue weighted by atomic mass is 15.3. The van der Waals surface area contributed by atoms with Gasteiger partial charge < -0.3 is 15.2 Å². The SMILES string of the molecule is Cc1nc(C(CN)N2CCN(c3ccccc3)CC2)cn1C. The van der Waals surface area contributed by atoms with Crippen LogP contribution in [0, 0.1) is 6.92 Å². The number of nitrogens with two attached hydrogens (primary N) is 1. The second-order valence-electron chi connectivity index (χ2n) is 5.93. The van der Waals surface area contributed by atoms with Gasteiger partial charge in [-0.25, -0.2) is 4.98 Å². The fourth-order valence-electron chi connectivity index (χ4n) is 3.13. The Balaban J connectivity index is 1.67. The minimum Gasteiger partial charge on any atom is -0.369 e. The van der Waals surface area contributed by atoms with Crippen molar-refractivity contribution in [1.82, 2.24) is 14.5 Å². The number of hydrogen-bond acceptors (Lipinski definition) is 4. The fraction of sp³-hybridized carbons (Fsp3) is 0.471. The molecule has 5 nitrogen and oxygen atoms in total. The van der Waals surface area contributed by atoms with Gasteiger partial charge in [-0.1, -0.05) is 18.2 Å². The summed E-state index contributed by atoms with van der Waals surface area (Å²) in [7, 11) is 2.03. The Kier molecular flexibility index (Phi) is 4.45. The lowest BCUT2D eigenvalue weighted by atomic mass is 10.1. The molecular formula is C17H25N5. The average Bonchev–Trinajstić information content (AvgIpc) is 2.88. The van der Waals surface area contributed by atoms with Gasteiger partial charge in [-0.15, -0.1) is 0 Å². The quantitative estimate of drug-likeness (QED) is 0.930. The Morgan fingerprint density at radius 1 is 1.14 bits per heavy atom. The summed E-state index contributed by atoms with van der Waals surface area (Å²) in [6.07, 6.45) is 2.11. The molecule has 2 N–H and O–H groups in total. The Hall–Kier alpha value is -1.85. The van der Waals surface area contributed by atoms with Crippen molar-refractivity contribution in [2.45, 2.75) is 13.0 Å². The summed E-state index contributed by atoms with van der Waals surface area (Å²) in [5, 5.41) is 0. The van der Waals surface area contributed by atoms with Gasteiger partial charge in [0.05, 0.1) is 11.7 Å². The Morgan fingerprint density at radius 3 is 2.36 bits per heavy atom. The lowest BCUT2D eigenvalue weighted by Gasteiger charge is -2.39. The molecule has 1 aromatic heterocycles. The Labute approximate surface area is 132 Å². The number of piperazine rings is 1. The molecule has 2 heterocycles. The lowest BCUT2D eigenvalue weighted by Crippen LogP contribution is -2.49. The van der Waals surface area contributed by atoms with Gasteiger partial charge in [0.2, 0.25) is 0 Å². The Morgan fingerprint density at radius 2 is 1.82 bits per heavy atom. The predicted molar refractivity (Wildman–Crippen MR) is 90.0 cm³/mol. The molecule has 0 spiro atoms. The second kappa shape index (κ2) is 6.50. The number of hydrogen-bond donors (Lipinski definition) is 1. The van der Waals surface area contributed by atoms with E-state index in [-0.39, 0.29) is 6.04 Å². The van der Waals surface area contributed by atoms with Crippen molar-refractivity contribution >= 4 is 5.69 Å². The van der Waals surface area contributed by atoms with Crippen LogP contribution in [0.4, 0.5) is 5.69 Å². The minimum atomic E-state index is 0.220. The fourth-order valence-corrected chi connectivity index (χ4v) is 3.13. The maximum atomic E-state index is 6.04. The lowest BCUT2D eigenvalue weighted by molar-refractivity contribution is 0.187. The second-order valence-corrected chi connectivity index (χ2v) is 5.93. The van der Waals surface area contributed by atoms with Crippen LogP contribution in [-0.2, 0) is 7.05 Å². The summed E-state index contributed by atoms with van der Waals surface area (Å²) >= 11 is 0. The molecule has 1 fully saturated rings. The standard InChI is InChI=1S/C17H25N5/c1-14-19-16(13-20(14)2)17(12-18)22-10-8-21(9-11-22)15-6-4-3-5-7-15/h3-7,13,17H,8-12,18H2,1-2H3. The van der Waals surface area contributed by atoms with E-state index in [2.05, 4.69) is 55.9 Å².